The lowest BCUT2D eigenvalue weighted by Gasteiger charge is -2.07. The fraction of sp³-hybridized carbons (Fsp3) is 0.556. The molecule has 0 radical (unpaired) electrons. The van der Waals surface area contributed by atoms with Gasteiger partial charge in [0, 0.05) is 25.0 Å². The Kier molecular flexibility index (Phi) is 4.53. The first kappa shape index (κ1) is 10.2. The van der Waals surface area contributed by atoms with Crippen LogP contribution in [0.3, 0.4) is 0 Å². The Hall–Kier alpha value is -0.840. The van der Waals surface area contributed by atoms with Crippen LogP contribution in [-0.4, -0.2) is 41.0 Å². The first-order chi connectivity index (χ1) is 6.33. The van der Waals surface area contributed by atoms with Crippen molar-refractivity contribution in [2.45, 2.75) is 12.5 Å². The number of aromatic amines is 1. The van der Waals surface area contributed by atoms with Crippen molar-refractivity contribution in [3.05, 3.63) is 24.0 Å². The average Bonchev–Trinajstić information content (AvgIpc) is 2.64. The molecule has 0 saturated heterocycles. The minimum Gasteiger partial charge on any atom is -0.394 e. The van der Waals surface area contributed by atoms with Gasteiger partial charge in [-0.1, -0.05) is 0 Å². The first-order valence-corrected chi connectivity index (χ1v) is 4.45. The predicted molar refractivity (Wildman–Crippen MR) is 50.5 cm³/mol. The van der Waals surface area contributed by atoms with Crippen LogP contribution in [0.2, 0.25) is 0 Å². The van der Waals surface area contributed by atoms with Crippen LogP contribution in [-0.2, 0) is 6.42 Å². The molecule has 0 aliphatic rings. The van der Waals surface area contributed by atoms with Gasteiger partial charge in [-0.3, -0.25) is 0 Å². The summed E-state index contributed by atoms with van der Waals surface area (Å²) in [6.07, 6.45) is 2.15. The zero-order chi connectivity index (χ0) is 9.52. The third-order valence-electron chi connectivity index (χ3n) is 1.82. The van der Waals surface area contributed by atoms with Gasteiger partial charge >= 0.3 is 0 Å². The van der Waals surface area contributed by atoms with Crippen molar-refractivity contribution in [2.75, 3.05) is 19.7 Å². The minimum absolute atomic E-state index is 0.185. The first-order valence-electron chi connectivity index (χ1n) is 4.45. The number of hydrogen-bond acceptors (Lipinski definition) is 3. The molecule has 1 atom stereocenters. The lowest BCUT2D eigenvalue weighted by Crippen LogP contribution is -2.30. The topological polar surface area (TPSA) is 68.3 Å². The van der Waals surface area contributed by atoms with Gasteiger partial charge in [0.25, 0.3) is 0 Å². The van der Waals surface area contributed by atoms with Crippen molar-refractivity contribution >= 4 is 0 Å². The van der Waals surface area contributed by atoms with Gasteiger partial charge in [-0.15, -0.1) is 0 Å². The van der Waals surface area contributed by atoms with E-state index in [-0.39, 0.29) is 6.61 Å². The Morgan fingerprint density at radius 3 is 3.00 bits per heavy atom. The molecule has 0 bridgehead atoms. The van der Waals surface area contributed by atoms with Gasteiger partial charge in [-0.2, -0.15) is 0 Å². The summed E-state index contributed by atoms with van der Waals surface area (Å²) in [6.45, 7) is 1.06. The molecule has 0 spiro atoms. The Bertz CT molecular complexity index is 211. The van der Waals surface area contributed by atoms with Crippen LogP contribution < -0.4 is 5.32 Å². The highest BCUT2D eigenvalue weighted by Crippen LogP contribution is 1.93. The molecule has 0 amide bonds. The summed E-state index contributed by atoms with van der Waals surface area (Å²) in [5, 5.41) is 20.6. The van der Waals surface area contributed by atoms with Crippen LogP contribution in [0.15, 0.2) is 18.3 Å². The summed E-state index contributed by atoms with van der Waals surface area (Å²) < 4.78 is 0. The number of aromatic nitrogens is 1. The highest BCUT2D eigenvalue weighted by Gasteiger charge is 1.99. The zero-order valence-corrected chi connectivity index (χ0v) is 7.53. The summed E-state index contributed by atoms with van der Waals surface area (Å²) in [5.74, 6) is 0. The second-order valence-electron chi connectivity index (χ2n) is 2.99. The van der Waals surface area contributed by atoms with Crippen LogP contribution >= 0.6 is 0 Å². The molecule has 74 valence electrons. The van der Waals surface area contributed by atoms with Gasteiger partial charge < -0.3 is 20.5 Å². The van der Waals surface area contributed by atoms with E-state index in [1.165, 1.54) is 5.69 Å². The molecule has 1 unspecified atom stereocenters. The van der Waals surface area contributed by atoms with E-state index in [4.69, 9.17) is 10.2 Å². The number of nitrogens with one attached hydrogen (secondary N) is 2. The van der Waals surface area contributed by atoms with Crippen molar-refractivity contribution < 1.29 is 10.2 Å². The highest BCUT2D eigenvalue weighted by atomic mass is 16.3. The molecule has 0 saturated carbocycles. The Morgan fingerprint density at radius 2 is 2.38 bits per heavy atom. The molecule has 1 rings (SSSR count). The quantitative estimate of drug-likeness (QED) is 0.451. The number of rotatable bonds is 6. The van der Waals surface area contributed by atoms with Gasteiger partial charge in [0.05, 0.1) is 12.7 Å². The van der Waals surface area contributed by atoms with E-state index in [9.17, 15) is 0 Å². The fourth-order valence-electron chi connectivity index (χ4n) is 1.08. The van der Waals surface area contributed by atoms with E-state index < -0.39 is 6.10 Å². The monoisotopic (exact) mass is 184 g/mol. The molecular formula is C9H16N2O2. The van der Waals surface area contributed by atoms with E-state index in [1.54, 1.807) is 0 Å². The van der Waals surface area contributed by atoms with Crippen molar-refractivity contribution in [1.29, 1.82) is 0 Å². The van der Waals surface area contributed by atoms with E-state index in [2.05, 4.69) is 10.3 Å². The maximum atomic E-state index is 8.99. The van der Waals surface area contributed by atoms with Crippen LogP contribution in [0.1, 0.15) is 5.69 Å². The molecule has 4 N–H and O–H groups in total. The van der Waals surface area contributed by atoms with Gasteiger partial charge in [-0.05, 0) is 18.6 Å². The number of H-pyrrole nitrogens is 1. The molecule has 13 heavy (non-hydrogen) atoms. The minimum atomic E-state index is -0.649. The SMILES string of the molecule is OCC(O)CNCCc1ccc[nH]1. The highest BCUT2D eigenvalue weighted by molar-refractivity contribution is 5.03. The van der Waals surface area contributed by atoms with Crippen LogP contribution in [0.25, 0.3) is 0 Å². The smallest absolute Gasteiger partial charge is 0.0894 e. The molecular weight excluding hydrogens is 168 g/mol. The number of hydrogen-bond donors (Lipinski definition) is 4. The van der Waals surface area contributed by atoms with E-state index in [1.807, 2.05) is 18.3 Å². The van der Waals surface area contributed by atoms with Crippen molar-refractivity contribution in [2.24, 2.45) is 0 Å². The molecule has 1 aromatic rings. The van der Waals surface area contributed by atoms with Crippen molar-refractivity contribution in [3.63, 3.8) is 0 Å². The Labute approximate surface area is 77.6 Å². The van der Waals surface area contributed by atoms with Crippen LogP contribution in [0.5, 0.6) is 0 Å². The van der Waals surface area contributed by atoms with Gasteiger partial charge in [0.15, 0.2) is 0 Å². The third-order valence-corrected chi connectivity index (χ3v) is 1.82. The molecule has 0 aliphatic heterocycles. The van der Waals surface area contributed by atoms with Gasteiger partial charge in [0.2, 0.25) is 0 Å². The lowest BCUT2D eigenvalue weighted by atomic mass is 10.3. The van der Waals surface area contributed by atoms with Crippen LogP contribution in [0.4, 0.5) is 0 Å². The van der Waals surface area contributed by atoms with E-state index >= 15 is 0 Å². The summed E-state index contributed by atoms with van der Waals surface area (Å²) >= 11 is 0. The largest absolute Gasteiger partial charge is 0.394 e. The maximum absolute atomic E-state index is 8.99. The second-order valence-corrected chi connectivity index (χ2v) is 2.99. The van der Waals surface area contributed by atoms with Crippen molar-refractivity contribution in [3.8, 4) is 0 Å². The molecule has 0 aliphatic carbocycles. The van der Waals surface area contributed by atoms with Crippen molar-refractivity contribution in [1.82, 2.24) is 10.3 Å². The predicted octanol–water partition coefficient (Wildman–Crippen LogP) is -0.500. The third kappa shape index (κ3) is 4.07. The van der Waals surface area contributed by atoms with E-state index in [0.717, 1.165) is 13.0 Å². The Balaban J connectivity index is 2.02. The summed E-state index contributed by atoms with van der Waals surface area (Å²) in [7, 11) is 0. The van der Waals surface area contributed by atoms with Gasteiger partial charge in [0.1, 0.15) is 0 Å². The Morgan fingerprint density at radius 1 is 1.54 bits per heavy atom. The summed E-state index contributed by atoms with van der Waals surface area (Å²) in [5.41, 5.74) is 1.17. The standard InChI is InChI=1S/C9H16N2O2/c12-7-9(13)6-10-5-3-8-2-1-4-11-8/h1-2,4,9-13H,3,5-7H2. The molecule has 4 nitrogen and oxygen atoms in total. The second kappa shape index (κ2) is 5.75. The molecule has 1 heterocycles. The van der Waals surface area contributed by atoms with Crippen LogP contribution in [0, 0.1) is 0 Å². The summed E-state index contributed by atoms with van der Waals surface area (Å²) in [6, 6.07) is 3.97. The van der Waals surface area contributed by atoms with E-state index in [0.29, 0.717) is 6.54 Å². The van der Waals surface area contributed by atoms with Gasteiger partial charge in [-0.25, -0.2) is 0 Å². The zero-order valence-electron chi connectivity index (χ0n) is 7.53. The number of aliphatic hydroxyl groups is 2. The molecule has 0 fully saturated rings. The molecule has 4 heteroatoms. The average molecular weight is 184 g/mol. The normalized spacial score (nSPS) is 13.1. The lowest BCUT2D eigenvalue weighted by molar-refractivity contribution is 0.0947. The number of aliphatic hydroxyl groups excluding tert-OH is 2. The molecule has 0 aromatic carbocycles. The molecule has 1 aromatic heterocycles. The fourth-order valence-corrected chi connectivity index (χ4v) is 1.08. The summed E-state index contributed by atoms with van der Waals surface area (Å²) in [4.78, 5) is 3.09. The maximum Gasteiger partial charge on any atom is 0.0894 e.